The lowest BCUT2D eigenvalue weighted by Crippen LogP contribution is -2.06. The van der Waals surface area contributed by atoms with E-state index in [1.54, 1.807) is 25.1 Å². The number of ether oxygens (including phenoxy) is 1. The standard InChI is InChI=1S/C17H17FO4/c1-2-22-17(21)11-3-5-15(12(7-11)9-19)16-6-4-14(18)8-13(16)10-20/h3-8,19-20H,2,9-10H2,1H3. The van der Waals surface area contributed by atoms with Crippen molar-refractivity contribution in [2.24, 2.45) is 0 Å². The smallest absolute Gasteiger partial charge is 0.338 e. The van der Waals surface area contributed by atoms with Crippen LogP contribution in [0.2, 0.25) is 0 Å². The minimum Gasteiger partial charge on any atom is -0.462 e. The molecule has 0 saturated heterocycles. The third-order valence-electron chi connectivity index (χ3n) is 3.31. The summed E-state index contributed by atoms with van der Waals surface area (Å²) in [6.07, 6.45) is 0. The van der Waals surface area contributed by atoms with Crippen molar-refractivity contribution in [1.82, 2.24) is 0 Å². The maximum Gasteiger partial charge on any atom is 0.338 e. The van der Waals surface area contributed by atoms with E-state index < -0.39 is 11.8 Å². The van der Waals surface area contributed by atoms with Gasteiger partial charge in [-0.1, -0.05) is 12.1 Å². The Labute approximate surface area is 127 Å². The second kappa shape index (κ2) is 7.15. The van der Waals surface area contributed by atoms with Gasteiger partial charge in [0, 0.05) is 0 Å². The van der Waals surface area contributed by atoms with Gasteiger partial charge in [-0.2, -0.15) is 0 Å². The molecule has 0 heterocycles. The summed E-state index contributed by atoms with van der Waals surface area (Å²) >= 11 is 0. The second-order valence-electron chi connectivity index (χ2n) is 4.71. The van der Waals surface area contributed by atoms with Crippen LogP contribution >= 0.6 is 0 Å². The molecule has 2 aromatic rings. The third kappa shape index (κ3) is 3.32. The number of halogens is 1. The van der Waals surface area contributed by atoms with Gasteiger partial charge in [0.2, 0.25) is 0 Å². The Morgan fingerprint density at radius 2 is 1.64 bits per heavy atom. The Balaban J connectivity index is 2.50. The molecule has 0 aliphatic rings. The van der Waals surface area contributed by atoms with Crippen molar-refractivity contribution in [3.63, 3.8) is 0 Å². The molecule has 22 heavy (non-hydrogen) atoms. The zero-order valence-corrected chi connectivity index (χ0v) is 12.2. The zero-order valence-electron chi connectivity index (χ0n) is 12.2. The molecule has 0 aliphatic heterocycles. The molecule has 0 bridgehead atoms. The summed E-state index contributed by atoms with van der Waals surface area (Å²) in [5.74, 6) is -0.910. The number of carbonyl (C=O) groups excluding carboxylic acids is 1. The average molecular weight is 304 g/mol. The van der Waals surface area contributed by atoms with E-state index in [-0.39, 0.29) is 19.8 Å². The summed E-state index contributed by atoms with van der Waals surface area (Å²) in [5, 5.41) is 18.9. The van der Waals surface area contributed by atoms with E-state index in [0.29, 0.717) is 27.8 Å². The topological polar surface area (TPSA) is 66.8 Å². The van der Waals surface area contributed by atoms with E-state index >= 15 is 0 Å². The van der Waals surface area contributed by atoms with E-state index in [2.05, 4.69) is 0 Å². The molecular weight excluding hydrogens is 287 g/mol. The summed E-state index contributed by atoms with van der Waals surface area (Å²) in [6, 6.07) is 8.85. The molecule has 2 aromatic carbocycles. The van der Waals surface area contributed by atoms with Crippen molar-refractivity contribution < 1.29 is 24.1 Å². The van der Waals surface area contributed by atoms with Crippen LogP contribution in [0, 0.1) is 5.82 Å². The summed E-state index contributed by atoms with van der Waals surface area (Å²) < 4.78 is 18.2. The molecule has 0 spiro atoms. The monoisotopic (exact) mass is 304 g/mol. The number of hydrogen-bond acceptors (Lipinski definition) is 4. The number of aliphatic hydroxyl groups is 2. The normalized spacial score (nSPS) is 10.5. The van der Waals surface area contributed by atoms with Gasteiger partial charge in [0.1, 0.15) is 5.82 Å². The lowest BCUT2D eigenvalue weighted by Gasteiger charge is -2.13. The van der Waals surface area contributed by atoms with Gasteiger partial charge in [0.05, 0.1) is 25.4 Å². The van der Waals surface area contributed by atoms with Gasteiger partial charge in [-0.25, -0.2) is 9.18 Å². The van der Waals surface area contributed by atoms with Crippen LogP contribution in [0.3, 0.4) is 0 Å². The molecule has 2 rings (SSSR count). The van der Waals surface area contributed by atoms with Crippen molar-refractivity contribution in [3.05, 3.63) is 58.9 Å². The fourth-order valence-corrected chi connectivity index (χ4v) is 2.28. The lowest BCUT2D eigenvalue weighted by atomic mass is 9.94. The molecule has 0 fully saturated rings. The summed E-state index contributed by atoms with van der Waals surface area (Å²) in [4.78, 5) is 11.7. The van der Waals surface area contributed by atoms with Crippen LogP contribution in [0.1, 0.15) is 28.4 Å². The van der Waals surface area contributed by atoms with Gasteiger partial charge in [-0.3, -0.25) is 0 Å². The van der Waals surface area contributed by atoms with Crippen LogP contribution in [0.15, 0.2) is 36.4 Å². The fraction of sp³-hybridized carbons (Fsp3) is 0.235. The molecule has 2 N–H and O–H groups in total. The van der Waals surface area contributed by atoms with Crippen LogP contribution in [-0.2, 0) is 18.0 Å². The fourth-order valence-electron chi connectivity index (χ4n) is 2.28. The minimum absolute atomic E-state index is 0.266. The van der Waals surface area contributed by atoms with Crippen LogP contribution in [-0.4, -0.2) is 22.8 Å². The second-order valence-corrected chi connectivity index (χ2v) is 4.71. The maximum absolute atomic E-state index is 13.3. The molecule has 4 nitrogen and oxygen atoms in total. The van der Waals surface area contributed by atoms with E-state index in [1.165, 1.54) is 18.2 Å². The first-order chi connectivity index (χ1) is 10.6. The van der Waals surface area contributed by atoms with Crippen molar-refractivity contribution in [2.45, 2.75) is 20.1 Å². The molecule has 0 amide bonds. The lowest BCUT2D eigenvalue weighted by molar-refractivity contribution is 0.0526. The largest absolute Gasteiger partial charge is 0.462 e. The minimum atomic E-state index is -0.467. The highest BCUT2D eigenvalue weighted by molar-refractivity contribution is 5.90. The molecule has 0 radical (unpaired) electrons. The van der Waals surface area contributed by atoms with Gasteiger partial charge in [0.25, 0.3) is 0 Å². The molecule has 0 saturated carbocycles. The van der Waals surface area contributed by atoms with Gasteiger partial charge < -0.3 is 14.9 Å². The van der Waals surface area contributed by atoms with E-state index in [9.17, 15) is 19.4 Å². The molecular formula is C17H17FO4. The maximum atomic E-state index is 13.3. The Hall–Kier alpha value is -2.24. The SMILES string of the molecule is CCOC(=O)c1ccc(-c2ccc(F)cc2CO)c(CO)c1. The van der Waals surface area contributed by atoms with Crippen molar-refractivity contribution in [1.29, 1.82) is 0 Å². The predicted octanol–water partition coefficient (Wildman–Crippen LogP) is 2.65. The Bertz CT molecular complexity index is 682. The molecule has 116 valence electrons. The Morgan fingerprint density at radius 3 is 2.23 bits per heavy atom. The number of hydrogen-bond donors (Lipinski definition) is 2. The quantitative estimate of drug-likeness (QED) is 0.833. The predicted molar refractivity (Wildman–Crippen MR) is 79.6 cm³/mol. The third-order valence-corrected chi connectivity index (χ3v) is 3.31. The van der Waals surface area contributed by atoms with Crippen molar-refractivity contribution in [3.8, 4) is 11.1 Å². The van der Waals surface area contributed by atoms with Gasteiger partial charge >= 0.3 is 5.97 Å². The number of rotatable bonds is 5. The molecule has 0 unspecified atom stereocenters. The molecule has 0 atom stereocenters. The number of carbonyl (C=O) groups is 1. The number of esters is 1. The Morgan fingerprint density at radius 1 is 1.05 bits per heavy atom. The van der Waals surface area contributed by atoms with Crippen LogP contribution in [0.4, 0.5) is 4.39 Å². The highest BCUT2D eigenvalue weighted by Crippen LogP contribution is 2.29. The van der Waals surface area contributed by atoms with Crippen LogP contribution in [0.25, 0.3) is 11.1 Å². The molecule has 0 aliphatic carbocycles. The zero-order chi connectivity index (χ0) is 16.1. The Kier molecular flexibility index (Phi) is 5.25. The number of aliphatic hydroxyl groups excluding tert-OH is 2. The summed E-state index contributed by atoms with van der Waals surface area (Å²) in [5.41, 5.74) is 2.51. The first kappa shape index (κ1) is 16.1. The van der Waals surface area contributed by atoms with Crippen LogP contribution < -0.4 is 0 Å². The van der Waals surface area contributed by atoms with Crippen molar-refractivity contribution in [2.75, 3.05) is 6.61 Å². The highest BCUT2D eigenvalue weighted by atomic mass is 19.1. The molecule has 0 aromatic heterocycles. The number of benzene rings is 2. The van der Waals surface area contributed by atoms with E-state index in [0.717, 1.165) is 0 Å². The first-order valence-corrected chi connectivity index (χ1v) is 6.91. The summed E-state index contributed by atoms with van der Waals surface area (Å²) in [7, 11) is 0. The van der Waals surface area contributed by atoms with Gasteiger partial charge in [-0.05, 0) is 53.4 Å². The average Bonchev–Trinajstić information content (AvgIpc) is 2.54. The summed E-state index contributed by atoms with van der Waals surface area (Å²) in [6.45, 7) is 1.37. The van der Waals surface area contributed by atoms with Crippen molar-refractivity contribution >= 4 is 5.97 Å². The molecule has 5 heteroatoms. The van der Waals surface area contributed by atoms with Gasteiger partial charge in [0.15, 0.2) is 0 Å². The van der Waals surface area contributed by atoms with E-state index in [1.807, 2.05) is 0 Å². The van der Waals surface area contributed by atoms with E-state index in [4.69, 9.17) is 4.74 Å². The first-order valence-electron chi connectivity index (χ1n) is 6.91. The van der Waals surface area contributed by atoms with Crippen LogP contribution in [0.5, 0.6) is 0 Å². The van der Waals surface area contributed by atoms with Gasteiger partial charge in [-0.15, -0.1) is 0 Å². The highest BCUT2D eigenvalue weighted by Gasteiger charge is 2.14.